The van der Waals surface area contributed by atoms with Crippen LogP contribution < -0.4 is 0 Å². The standard InChI is InChI=1S/C8H14O2.C7H14.C7H16.C5H12/c1-6(2)8(7(9)10)4-3-5-8;1-6(2)7(3)4-5-7;1-6(2)7(3,4)5;1-4-5(2)3/h6H,3-5H2,1-2H3,(H,9,10);6H,4-5H2,1-3H3;6H,1-5H3;5H,4H2,1-3H3. The molecule has 0 unspecified atom stereocenters. The van der Waals surface area contributed by atoms with Gasteiger partial charge in [0.05, 0.1) is 5.41 Å². The first-order valence-electron chi connectivity index (χ1n) is 12.2. The van der Waals surface area contributed by atoms with Crippen LogP contribution in [0.1, 0.15) is 129 Å². The fourth-order valence-electron chi connectivity index (χ4n) is 2.37. The van der Waals surface area contributed by atoms with Crippen molar-refractivity contribution in [1.82, 2.24) is 0 Å². The van der Waals surface area contributed by atoms with Crippen LogP contribution in [0.2, 0.25) is 0 Å². The fraction of sp³-hybridized carbons (Fsp3) is 0.963. The number of hydrogen-bond donors (Lipinski definition) is 1. The maximum Gasteiger partial charge on any atom is 0.309 e. The lowest BCUT2D eigenvalue weighted by atomic mass is 9.62. The zero-order valence-corrected chi connectivity index (χ0v) is 22.4. The molecule has 0 atom stereocenters. The molecule has 2 aliphatic carbocycles. The van der Waals surface area contributed by atoms with Crippen LogP contribution in [0.4, 0.5) is 0 Å². The summed E-state index contributed by atoms with van der Waals surface area (Å²) in [5.41, 5.74) is 0.889. The van der Waals surface area contributed by atoms with Crippen LogP contribution in [0.5, 0.6) is 0 Å². The van der Waals surface area contributed by atoms with Crippen molar-refractivity contribution >= 4 is 5.97 Å². The van der Waals surface area contributed by atoms with Gasteiger partial charge in [0.1, 0.15) is 0 Å². The lowest BCUT2D eigenvalue weighted by Gasteiger charge is -2.41. The summed E-state index contributed by atoms with van der Waals surface area (Å²) in [4.78, 5) is 10.7. The molecule has 2 nitrogen and oxygen atoms in total. The highest BCUT2D eigenvalue weighted by Gasteiger charge is 2.46. The number of hydrogen-bond acceptors (Lipinski definition) is 1. The number of carboxylic acids is 1. The summed E-state index contributed by atoms with van der Waals surface area (Å²) in [5, 5.41) is 8.85. The molecule has 0 bridgehead atoms. The van der Waals surface area contributed by atoms with Gasteiger partial charge in [-0.15, -0.1) is 0 Å². The molecule has 2 saturated carbocycles. The van der Waals surface area contributed by atoms with E-state index in [2.05, 4.69) is 76.2 Å². The van der Waals surface area contributed by atoms with Crippen LogP contribution >= 0.6 is 0 Å². The van der Waals surface area contributed by atoms with Crippen LogP contribution in [-0.4, -0.2) is 11.1 Å². The van der Waals surface area contributed by atoms with Gasteiger partial charge in [-0.1, -0.05) is 103 Å². The molecular weight excluding hydrogens is 356 g/mol. The van der Waals surface area contributed by atoms with E-state index in [1.165, 1.54) is 19.3 Å². The van der Waals surface area contributed by atoms with Crippen LogP contribution in [0.15, 0.2) is 0 Å². The predicted molar refractivity (Wildman–Crippen MR) is 130 cm³/mol. The third-order valence-corrected chi connectivity index (χ3v) is 7.76. The van der Waals surface area contributed by atoms with Crippen molar-refractivity contribution in [3.63, 3.8) is 0 Å². The van der Waals surface area contributed by atoms with Gasteiger partial charge >= 0.3 is 5.97 Å². The van der Waals surface area contributed by atoms with Gasteiger partial charge in [-0.3, -0.25) is 4.79 Å². The Morgan fingerprint density at radius 1 is 0.862 bits per heavy atom. The van der Waals surface area contributed by atoms with Crippen LogP contribution in [0, 0.1) is 39.9 Å². The van der Waals surface area contributed by atoms with E-state index in [9.17, 15) is 4.79 Å². The van der Waals surface area contributed by atoms with E-state index in [1.807, 2.05) is 13.8 Å². The van der Waals surface area contributed by atoms with Crippen molar-refractivity contribution in [2.45, 2.75) is 129 Å². The number of aliphatic carboxylic acids is 1. The molecule has 0 aliphatic heterocycles. The second kappa shape index (κ2) is 13.0. The van der Waals surface area contributed by atoms with Crippen LogP contribution in [-0.2, 0) is 4.79 Å². The number of carboxylic acid groups (broad SMARTS) is 1. The molecule has 2 aliphatic rings. The van der Waals surface area contributed by atoms with Gasteiger partial charge in [-0.25, -0.2) is 0 Å². The van der Waals surface area contributed by atoms with Crippen molar-refractivity contribution in [2.24, 2.45) is 39.9 Å². The summed E-state index contributed by atoms with van der Waals surface area (Å²) in [6.07, 6.45) is 7.07. The van der Waals surface area contributed by atoms with E-state index in [-0.39, 0.29) is 5.41 Å². The van der Waals surface area contributed by atoms with Gasteiger partial charge in [0.25, 0.3) is 0 Å². The van der Waals surface area contributed by atoms with Gasteiger partial charge in [-0.05, 0) is 60.2 Å². The molecule has 2 fully saturated rings. The Kier molecular flexibility index (Phi) is 13.8. The summed E-state index contributed by atoms with van der Waals surface area (Å²) >= 11 is 0. The highest BCUT2D eigenvalue weighted by molar-refractivity contribution is 5.76. The molecule has 0 aromatic heterocycles. The third kappa shape index (κ3) is 12.0. The van der Waals surface area contributed by atoms with Crippen molar-refractivity contribution in [1.29, 1.82) is 0 Å². The van der Waals surface area contributed by atoms with Crippen LogP contribution in [0.3, 0.4) is 0 Å². The Labute approximate surface area is 184 Å². The molecule has 2 rings (SSSR count). The summed E-state index contributed by atoms with van der Waals surface area (Å²) < 4.78 is 0. The van der Waals surface area contributed by atoms with Gasteiger partial charge in [0.2, 0.25) is 0 Å². The van der Waals surface area contributed by atoms with Crippen molar-refractivity contribution in [2.75, 3.05) is 0 Å². The summed E-state index contributed by atoms with van der Waals surface area (Å²) in [6, 6.07) is 0. The van der Waals surface area contributed by atoms with E-state index < -0.39 is 5.97 Å². The van der Waals surface area contributed by atoms with E-state index in [0.29, 0.717) is 11.3 Å². The Bertz CT molecular complexity index is 421. The monoisotopic (exact) mass is 412 g/mol. The van der Waals surface area contributed by atoms with Gasteiger partial charge in [0.15, 0.2) is 0 Å². The van der Waals surface area contributed by atoms with E-state index in [1.54, 1.807) is 0 Å². The van der Waals surface area contributed by atoms with Crippen LogP contribution in [0.25, 0.3) is 0 Å². The second-order valence-electron chi connectivity index (χ2n) is 12.1. The van der Waals surface area contributed by atoms with Crippen molar-refractivity contribution < 1.29 is 9.90 Å². The van der Waals surface area contributed by atoms with Crippen molar-refractivity contribution in [3.05, 3.63) is 0 Å². The maximum atomic E-state index is 10.7. The summed E-state index contributed by atoms with van der Waals surface area (Å²) in [6.45, 7) is 28.9. The summed E-state index contributed by atoms with van der Waals surface area (Å²) in [7, 11) is 0. The van der Waals surface area contributed by atoms with E-state index >= 15 is 0 Å². The molecule has 0 saturated heterocycles. The SMILES string of the molecule is CC(C)C(C)(C)C.CC(C)C1(C(=O)O)CCC1.CC(C)C1(C)CC1.CCC(C)C. The maximum absolute atomic E-state index is 10.7. The Morgan fingerprint density at radius 2 is 1.21 bits per heavy atom. The molecule has 29 heavy (non-hydrogen) atoms. The van der Waals surface area contributed by atoms with E-state index in [4.69, 9.17) is 5.11 Å². The van der Waals surface area contributed by atoms with Gasteiger partial charge in [-0.2, -0.15) is 0 Å². The zero-order chi connectivity index (χ0) is 23.6. The van der Waals surface area contributed by atoms with Crippen molar-refractivity contribution in [3.8, 4) is 0 Å². The van der Waals surface area contributed by atoms with E-state index in [0.717, 1.165) is 42.4 Å². The molecule has 0 spiro atoms. The lowest BCUT2D eigenvalue weighted by molar-refractivity contribution is -0.158. The number of carbonyl (C=O) groups is 1. The molecule has 1 N–H and O–H groups in total. The third-order valence-electron chi connectivity index (χ3n) is 7.76. The Morgan fingerprint density at radius 3 is 1.21 bits per heavy atom. The average molecular weight is 413 g/mol. The smallest absolute Gasteiger partial charge is 0.309 e. The molecular formula is C27H56O2. The molecule has 176 valence electrons. The van der Waals surface area contributed by atoms with Gasteiger partial charge < -0.3 is 5.11 Å². The minimum absolute atomic E-state index is 0.291. The minimum Gasteiger partial charge on any atom is -0.481 e. The highest BCUT2D eigenvalue weighted by Crippen LogP contribution is 2.51. The molecule has 0 aromatic rings. The normalized spacial score (nSPS) is 18.7. The Hall–Kier alpha value is -0.530. The first-order chi connectivity index (χ1) is 13.0. The largest absolute Gasteiger partial charge is 0.481 e. The molecule has 2 heteroatoms. The predicted octanol–water partition coefficient (Wildman–Crippen LogP) is 9.08. The quantitative estimate of drug-likeness (QED) is 0.500. The molecule has 0 heterocycles. The lowest BCUT2D eigenvalue weighted by Crippen LogP contribution is -2.42. The van der Waals surface area contributed by atoms with Gasteiger partial charge in [0, 0.05) is 0 Å². The Balaban J connectivity index is 0. The molecule has 0 aromatic carbocycles. The second-order valence-corrected chi connectivity index (χ2v) is 12.1. The average Bonchev–Trinajstić information content (AvgIpc) is 3.25. The zero-order valence-electron chi connectivity index (χ0n) is 22.4. The minimum atomic E-state index is -0.603. The fourth-order valence-corrected chi connectivity index (χ4v) is 2.37. The molecule has 0 amide bonds. The first kappa shape index (κ1) is 30.7. The topological polar surface area (TPSA) is 37.3 Å². The highest BCUT2D eigenvalue weighted by atomic mass is 16.4. The molecule has 0 radical (unpaired) electrons. The summed E-state index contributed by atoms with van der Waals surface area (Å²) in [5.74, 6) is 2.28. The number of rotatable bonds is 4. The first-order valence-corrected chi connectivity index (χ1v) is 12.2.